The Hall–Kier alpha value is -3.14. The van der Waals surface area contributed by atoms with E-state index in [1.807, 2.05) is 6.92 Å². The van der Waals surface area contributed by atoms with Gasteiger partial charge in [0.05, 0.1) is 0 Å². The number of nitrogens with two attached hydrogens (primary N) is 1. The minimum Gasteiger partial charge on any atom is -0.458 e. The van der Waals surface area contributed by atoms with Crippen molar-refractivity contribution in [3.05, 3.63) is 23.8 Å². The van der Waals surface area contributed by atoms with Crippen molar-refractivity contribution in [2.75, 3.05) is 0 Å². The van der Waals surface area contributed by atoms with Crippen molar-refractivity contribution in [2.45, 2.75) is 78.7 Å². The molecule has 0 amide bonds. The van der Waals surface area contributed by atoms with Crippen molar-refractivity contribution >= 4 is 24.1 Å². The lowest BCUT2D eigenvalue weighted by Gasteiger charge is -2.23. The van der Waals surface area contributed by atoms with Gasteiger partial charge in [0.15, 0.2) is 11.5 Å². The Morgan fingerprint density at radius 3 is 2.00 bits per heavy atom. The Labute approximate surface area is 187 Å². The van der Waals surface area contributed by atoms with E-state index in [-0.39, 0.29) is 24.0 Å². The van der Waals surface area contributed by atoms with Crippen LogP contribution in [-0.2, 0) is 35.0 Å². The molecule has 0 saturated heterocycles. The summed E-state index contributed by atoms with van der Waals surface area (Å²) in [7, 11) is 0. The zero-order valence-corrected chi connectivity index (χ0v) is 19.2. The fourth-order valence-corrected chi connectivity index (χ4v) is 2.38. The Morgan fingerprint density at radius 2 is 1.44 bits per heavy atom. The van der Waals surface area contributed by atoms with Crippen LogP contribution in [0.15, 0.2) is 18.2 Å². The van der Waals surface area contributed by atoms with Gasteiger partial charge in [0.1, 0.15) is 24.4 Å². The molecule has 0 saturated carbocycles. The number of esters is 3. The van der Waals surface area contributed by atoms with Crippen LogP contribution in [0.4, 0.5) is 4.79 Å². The molecule has 0 aliphatic heterocycles. The summed E-state index contributed by atoms with van der Waals surface area (Å²) in [5.74, 6) is -1.79. The van der Waals surface area contributed by atoms with Gasteiger partial charge in [0, 0.05) is 13.8 Å². The molecule has 178 valence electrons. The molecule has 10 heteroatoms. The lowest BCUT2D eigenvalue weighted by molar-refractivity contribution is -0.155. The summed E-state index contributed by atoms with van der Waals surface area (Å²) in [5, 5.41) is 0. The third kappa shape index (κ3) is 9.34. The number of hydrogen-bond acceptors (Lipinski definition) is 10. The number of carbonyl (C=O) groups excluding carboxylic acids is 4. The summed E-state index contributed by atoms with van der Waals surface area (Å²) in [6.07, 6.45) is -1.94. The number of rotatable bonds is 10. The van der Waals surface area contributed by atoms with Gasteiger partial charge in [0.25, 0.3) is 0 Å². The lowest BCUT2D eigenvalue weighted by atomic mass is 10.1. The Kier molecular flexibility index (Phi) is 10.6. The molecule has 0 heterocycles. The van der Waals surface area contributed by atoms with Gasteiger partial charge in [-0.25, -0.2) is 4.79 Å². The molecule has 1 rings (SSSR count). The third-order valence-electron chi connectivity index (χ3n) is 4.39. The molecule has 1 aromatic rings. The average molecular weight is 453 g/mol. The Morgan fingerprint density at radius 1 is 0.875 bits per heavy atom. The predicted molar refractivity (Wildman–Crippen MR) is 113 cm³/mol. The van der Waals surface area contributed by atoms with E-state index in [9.17, 15) is 19.2 Å². The highest BCUT2D eigenvalue weighted by atomic mass is 16.7. The van der Waals surface area contributed by atoms with E-state index < -0.39 is 42.3 Å². The molecule has 1 unspecified atom stereocenters. The van der Waals surface area contributed by atoms with Gasteiger partial charge in [-0.15, -0.1) is 0 Å². The van der Waals surface area contributed by atoms with Gasteiger partial charge >= 0.3 is 24.1 Å². The van der Waals surface area contributed by atoms with Gasteiger partial charge in [-0.3, -0.25) is 14.4 Å². The third-order valence-corrected chi connectivity index (χ3v) is 4.39. The van der Waals surface area contributed by atoms with Crippen LogP contribution >= 0.6 is 0 Å². The fraction of sp³-hybridized carbons (Fsp3) is 0.545. The molecule has 1 aromatic carbocycles. The first-order valence-electron chi connectivity index (χ1n) is 10.3. The van der Waals surface area contributed by atoms with Crippen molar-refractivity contribution in [3.8, 4) is 11.5 Å². The smallest absolute Gasteiger partial charge is 0.458 e. The second-order valence-electron chi connectivity index (χ2n) is 7.33. The standard InChI is InChI=1S/C22H31NO9/c1-7-12(2)28-22(27)30-14(4)13(3)29-21(26)18(23)10-17-8-9-19(31-15(5)24)20(11-17)32-16(6)25/h8-9,11-14,18H,7,10,23H2,1-6H3/t12?,13-,14-,18-/m0/s1. The second-order valence-corrected chi connectivity index (χ2v) is 7.33. The molecular weight excluding hydrogens is 422 g/mol. The summed E-state index contributed by atoms with van der Waals surface area (Å²) in [4.78, 5) is 46.6. The van der Waals surface area contributed by atoms with Crippen molar-refractivity contribution < 1.29 is 42.9 Å². The van der Waals surface area contributed by atoms with Gasteiger partial charge in [0.2, 0.25) is 0 Å². The van der Waals surface area contributed by atoms with Gasteiger partial charge < -0.3 is 29.4 Å². The van der Waals surface area contributed by atoms with E-state index in [1.165, 1.54) is 26.0 Å². The van der Waals surface area contributed by atoms with Crippen LogP contribution in [0, 0.1) is 0 Å². The van der Waals surface area contributed by atoms with E-state index in [0.29, 0.717) is 12.0 Å². The summed E-state index contributed by atoms with van der Waals surface area (Å²) in [6.45, 7) is 9.16. The van der Waals surface area contributed by atoms with Crippen LogP contribution in [0.1, 0.15) is 53.5 Å². The monoisotopic (exact) mass is 453 g/mol. The first-order valence-corrected chi connectivity index (χ1v) is 10.3. The van der Waals surface area contributed by atoms with E-state index in [1.54, 1.807) is 26.8 Å². The first-order chi connectivity index (χ1) is 14.9. The topological polar surface area (TPSA) is 140 Å². The maximum Gasteiger partial charge on any atom is 0.508 e. The molecule has 0 aliphatic carbocycles. The van der Waals surface area contributed by atoms with E-state index >= 15 is 0 Å². The van der Waals surface area contributed by atoms with Crippen molar-refractivity contribution in [1.82, 2.24) is 0 Å². The predicted octanol–water partition coefficient (Wildman–Crippen LogP) is 2.68. The van der Waals surface area contributed by atoms with E-state index in [2.05, 4.69) is 0 Å². The maximum atomic E-state index is 12.4. The summed E-state index contributed by atoms with van der Waals surface area (Å²) in [6, 6.07) is 3.43. The molecule has 0 bridgehead atoms. The van der Waals surface area contributed by atoms with Crippen molar-refractivity contribution in [2.24, 2.45) is 5.73 Å². The number of hydrogen-bond donors (Lipinski definition) is 1. The fourth-order valence-electron chi connectivity index (χ4n) is 2.38. The first kappa shape index (κ1) is 26.9. The van der Waals surface area contributed by atoms with Crippen LogP contribution in [0.2, 0.25) is 0 Å². The normalized spacial score (nSPS) is 14.3. The number of benzene rings is 1. The molecule has 4 atom stereocenters. The van der Waals surface area contributed by atoms with Crippen molar-refractivity contribution in [1.29, 1.82) is 0 Å². The molecule has 2 N–H and O–H groups in total. The molecule has 0 aliphatic rings. The van der Waals surface area contributed by atoms with Gasteiger partial charge in [-0.05, 0) is 51.3 Å². The van der Waals surface area contributed by atoms with E-state index in [4.69, 9.17) is 29.4 Å². The van der Waals surface area contributed by atoms with Crippen LogP contribution < -0.4 is 15.2 Å². The van der Waals surface area contributed by atoms with Crippen LogP contribution in [0.3, 0.4) is 0 Å². The minimum absolute atomic E-state index is 0.0287. The number of carbonyl (C=O) groups is 4. The molecule has 0 fully saturated rings. The second kappa shape index (κ2) is 12.7. The highest BCUT2D eigenvalue weighted by molar-refractivity contribution is 5.76. The highest BCUT2D eigenvalue weighted by Gasteiger charge is 2.25. The molecule has 32 heavy (non-hydrogen) atoms. The number of ether oxygens (including phenoxy) is 5. The van der Waals surface area contributed by atoms with Crippen LogP contribution in [0.25, 0.3) is 0 Å². The lowest BCUT2D eigenvalue weighted by Crippen LogP contribution is -2.39. The van der Waals surface area contributed by atoms with Crippen LogP contribution in [-0.4, -0.2) is 48.4 Å². The molecule has 10 nitrogen and oxygen atoms in total. The summed E-state index contributed by atoms with van der Waals surface area (Å²) < 4.78 is 25.5. The van der Waals surface area contributed by atoms with Gasteiger partial charge in [-0.1, -0.05) is 13.0 Å². The zero-order valence-electron chi connectivity index (χ0n) is 19.2. The van der Waals surface area contributed by atoms with E-state index in [0.717, 1.165) is 0 Å². The Bertz CT molecular complexity index is 824. The molecule has 0 radical (unpaired) electrons. The minimum atomic E-state index is -1.04. The zero-order chi connectivity index (χ0) is 24.4. The largest absolute Gasteiger partial charge is 0.508 e. The SMILES string of the molecule is CCC(C)OC(=O)O[C@@H](C)[C@H](C)OC(=O)[C@@H](N)Cc1ccc(OC(C)=O)c(OC(C)=O)c1. The average Bonchev–Trinajstić information content (AvgIpc) is 2.68. The quantitative estimate of drug-likeness (QED) is 0.415. The highest BCUT2D eigenvalue weighted by Crippen LogP contribution is 2.29. The van der Waals surface area contributed by atoms with Gasteiger partial charge in [-0.2, -0.15) is 0 Å². The summed E-state index contributed by atoms with van der Waals surface area (Å²) in [5.41, 5.74) is 6.50. The van der Waals surface area contributed by atoms with Crippen LogP contribution in [0.5, 0.6) is 11.5 Å². The molecular formula is C22H31NO9. The van der Waals surface area contributed by atoms with Crippen molar-refractivity contribution in [3.63, 3.8) is 0 Å². The molecule has 0 aromatic heterocycles. The maximum absolute atomic E-state index is 12.4. The Balaban J connectivity index is 2.73. The summed E-state index contributed by atoms with van der Waals surface area (Å²) >= 11 is 0. The molecule has 0 spiro atoms.